The van der Waals surface area contributed by atoms with Crippen LogP contribution in [0, 0.1) is 0 Å². The van der Waals surface area contributed by atoms with Gasteiger partial charge in [0.05, 0.1) is 15.2 Å². The molecule has 18 heavy (non-hydrogen) atoms. The first-order valence-corrected chi connectivity index (χ1v) is 7.00. The van der Waals surface area contributed by atoms with E-state index in [0.29, 0.717) is 6.54 Å². The highest BCUT2D eigenvalue weighted by atomic mass is 79.9. The number of hydrogen-bond acceptors (Lipinski definition) is 5. The molecule has 3 heterocycles. The molecule has 3 aromatic rings. The summed E-state index contributed by atoms with van der Waals surface area (Å²) in [7, 11) is 1.88. The van der Waals surface area contributed by atoms with Crippen LogP contribution in [0.1, 0.15) is 5.82 Å². The second kappa shape index (κ2) is 4.75. The lowest BCUT2D eigenvalue weighted by atomic mass is 10.3. The number of nitrogens with zero attached hydrogens (tertiary/aromatic N) is 4. The number of hydrogen-bond donors (Lipinski definition) is 1. The van der Waals surface area contributed by atoms with Crippen LogP contribution in [0.25, 0.3) is 16.2 Å². The molecule has 0 fully saturated rings. The predicted octanol–water partition coefficient (Wildman–Crippen LogP) is 2.33. The SMILES string of the molecule is CNCc1nnc2ccc(-c3ccc(Br)s3)nn12. The van der Waals surface area contributed by atoms with E-state index in [4.69, 9.17) is 0 Å². The Morgan fingerprint density at radius 1 is 1.28 bits per heavy atom. The number of halogens is 1. The normalized spacial score (nSPS) is 11.2. The van der Waals surface area contributed by atoms with E-state index in [2.05, 4.69) is 36.5 Å². The molecule has 0 aliphatic carbocycles. The first-order chi connectivity index (χ1) is 8.78. The molecular formula is C11H10BrN5S. The third-order valence-corrected chi connectivity index (χ3v) is 4.13. The summed E-state index contributed by atoms with van der Waals surface area (Å²) in [6, 6.07) is 7.96. The summed E-state index contributed by atoms with van der Waals surface area (Å²) in [6.07, 6.45) is 0. The zero-order valence-corrected chi connectivity index (χ0v) is 12.0. The van der Waals surface area contributed by atoms with Crippen molar-refractivity contribution in [3.05, 3.63) is 33.9 Å². The summed E-state index contributed by atoms with van der Waals surface area (Å²) < 4.78 is 2.87. The van der Waals surface area contributed by atoms with E-state index < -0.39 is 0 Å². The van der Waals surface area contributed by atoms with Crippen molar-refractivity contribution in [1.82, 2.24) is 25.1 Å². The second-order valence-corrected chi connectivity index (χ2v) is 6.20. The van der Waals surface area contributed by atoms with Gasteiger partial charge >= 0.3 is 0 Å². The summed E-state index contributed by atoms with van der Waals surface area (Å²) in [5.74, 6) is 0.810. The fraction of sp³-hybridized carbons (Fsp3) is 0.182. The van der Waals surface area contributed by atoms with Gasteiger partial charge in [-0.1, -0.05) is 0 Å². The summed E-state index contributed by atoms with van der Waals surface area (Å²) in [6.45, 7) is 0.645. The minimum atomic E-state index is 0.645. The standard InChI is InChI=1S/C11H10BrN5S/c1-13-6-11-15-14-10-5-2-7(16-17(10)11)8-3-4-9(12)18-8/h2-5,13H,6H2,1H3. The molecule has 7 heteroatoms. The molecule has 0 aliphatic heterocycles. The van der Waals surface area contributed by atoms with E-state index in [1.807, 2.05) is 31.3 Å². The van der Waals surface area contributed by atoms with Gasteiger partial charge in [-0.25, -0.2) is 0 Å². The smallest absolute Gasteiger partial charge is 0.177 e. The van der Waals surface area contributed by atoms with Gasteiger partial charge in [0.2, 0.25) is 0 Å². The van der Waals surface area contributed by atoms with Crippen LogP contribution in [-0.4, -0.2) is 26.9 Å². The van der Waals surface area contributed by atoms with Crippen LogP contribution in [-0.2, 0) is 6.54 Å². The van der Waals surface area contributed by atoms with Crippen LogP contribution in [0.3, 0.4) is 0 Å². The van der Waals surface area contributed by atoms with E-state index in [0.717, 1.165) is 25.8 Å². The average Bonchev–Trinajstić information content (AvgIpc) is 2.96. The van der Waals surface area contributed by atoms with Crippen molar-refractivity contribution >= 4 is 32.9 Å². The number of aromatic nitrogens is 4. The van der Waals surface area contributed by atoms with Gasteiger partial charge in [0.1, 0.15) is 5.69 Å². The van der Waals surface area contributed by atoms with Crippen molar-refractivity contribution in [2.75, 3.05) is 7.05 Å². The van der Waals surface area contributed by atoms with Gasteiger partial charge in [-0.2, -0.15) is 9.61 Å². The zero-order chi connectivity index (χ0) is 12.5. The lowest BCUT2D eigenvalue weighted by Gasteiger charge is -2.00. The van der Waals surface area contributed by atoms with Crippen LogP contribution < -0.4 is 5.32 Å². The Hall–Kier alpha value is -1.31. The van der Waals surface area contributed by atoms with Gasteiger partial charge in [0, 0.05) is 0 Å². The number of nitrogens with one attached hydrogen (secondary N) is 1. The first kappa shape index (κ1) is 11.8. The number of thiophene rings is 1. The second-order valence-electron chi connectivity index (χ2n) is 3.74. The van der Waals surface area contributed by atoms with E-state index >= 15 is 0 Å². The molecule has 0 atom stereocenters. The first-order valence-electron chi connectivity index (χ1n) is 5.39. The maximum Gasteiger partial charge on any atom is 0.177 e. The molecule has 0 aromatic carbocycles. The zero-order valence-electron chi connectivity index (χ0n) is 9.59. The molecule has 1 N–H and O–H groups in total. The van der Waals surface area contributed by atoms with Crippen LogP contribution in [0.2, 0.25) is 0 Å². The lowest BCUT2D eigenvalue weighted by molar-refractivity contribution is 0.719. The molecule has 3 rings (SSSR count). The van der Waals surface area contributed by atoms with E-state index in [1.54, 1.807) is 15.9 Å². The number of fused-ring (bicyclic) bond motifs is 1. The van der Waals surface area contributed by atoms with Gasteiger partial charge < -0.3 is 5.32 Å². The Balaban J connectivity index is 2.11. The molecule has 3 aromatic heterocycles. The highest BCUT2D eigenvalue weighted by molar-refractivity contribution is 9.11. The van der Waals surface area contributed by atoms with Crippen LogP contribution >= 0.6 is 27.3 Å². The Bertz CT molecular complexity index is 690. The molecule has 5 nitrogen and oxygen atoms in total. The van der Waals surface area contributed by atoms with Gasteiger partial charge in [-0.15, -0.1) is 21.5 Å². The van der Waals surface area contributed by atoms with Crippen molar-refractivity contribution < 1.29 is 0 Å². The maximum absolute atomic E-state index is 4.58. The molecule has 0 aliphatic rings. The summed E-state index contributed by atoms with van der Waals surface area (Å²) in [5.41, 5.74) is 1.69. The highest BCUT2D eigenvalue weighted by Crippen LogP contribution is 2.29. The molecule has 92 valence electrons. The topological polar surface area (TPSA) is 55.1 Å². The lowest BCUT2D eigenvalue weighted by Crippen LogP contribution is -2.10. The molecule has 0 radical (unpaired) electrons. The Labute approximate surface area is 116 Å². The Kier molecular flexibility index (Phi) is 3.11. The highest BCUT2D eigenvalue weighted by Gasteiger charge is 2.09. The molecular weight excluding hydrogens is 314 g/mol. The molecule has 0 unspecified atom stereocenters. The Morgan fingerprint density at radius 2 is 2.17 bits per heavy atom. The average molecular weight is 324 g/mol. The summed E-state index contributed by atoms with van der Waals surface area (Å²) in [4.78, 5) is 1.12. The monoisotopic (exact) mass is 323 g/mol. The third kappa shape index (κ3) is 2.05. The van der Waals surface area contributed by atoms with Gasteiger partial charge in [0.15, 0.2) is 11.5 Å². The molecule has 0 saturated carbocycles. The summed E-state index contributed by atoms with van der Waals surface area (Å²) in [5, 5.41) is 15.8. The largest absolute Gasteiger partial charge is 0.313 e. The molecule has 0 spiro atoms. The molecule has 0 amide bonds. The molecule has 0 bridgehead atoms. The van der Waals surface area contributed by atoms with Crippen molar-refractivity contribution in [2.24, 2.45) is 0 Å². The molecule has 0 saturated heterocycles. The third-order valence-electron chi connectivity index (χ3n) is 2.49. The van der Waals surface area contributed by atoms with Crippen LogP contribution in [0.15, 0.2) is 28.1 Å². The number of rotatable bonds is 3. The van der Waals surface area contributed by atoms with E-state index in [1.165, 1.54) is 0 Å². The van der Waals surface area contributed by atoms with E-state index in [9.17, 15) is 0 Å². The minimum Gasteiger partial charge on any atom is -0.313 e. The van der Waals surface area contributed by atoms with Gasteiger partial charge in [-0.3, -0.25) is 0 Å². The fourth-order valence-corrected chi connectivity index (χ4v) is 3.04. The van der Waals surface area contributed by atoms with Crippen LogP contribution in [0.5, 0.6) is 0 Å². The van der Waals surface area contributed by atoms with Crippen LogP contribution in [0.4, 0.5) is 0 Å². The predicted molar refractivity (Wildman–Crippen MR) is 74.6 cm³/mol. The Morgan fingerprint density at radius 3 is 2.89 bits per heavy atom. The van der Waals surface area contributed by atoms with Gasteiger partial charge in [0.25, 0.3) is 0 Å². The fourth-order valence-electron chi connectivity index (χ4n) is 1.69. The van der Waals surface area contributed by atoms with Crippen molar-refractivity contribution in [3.8, 4) is 10.6 Å². The van der Waals surface area contributed by atoms with E-state index in [-0.39, 0.29) is 0 Å². The van der Waals surface area contributed by atoms with Crippen molar-refractivity contribution in [3.63, 3.8) is 0 Å². The van der Waals surface area contributed by atoms with Crippen molar-refractivity contribution in [2.45, 2.75) is 6.54 Å². The van der Waals surface area contributed by atoms with Gasteiger partial charge in [-0.05, 0) is 47.2 Å². The van der Waals surface area contributed by atoms with Crippen molar-refractivity contribution in [1.29, 1.82) is 0 Å². The summed E-state index contributed by atoms with van der Waals surface area (Å²) >= 11 is 5.12. The maximum atomic E-state index is 4.58. The minimum absolute atomic E-state index is 0.645. The quantitative estimate of drug-likeness (QED) is 0.803.